The Morgan fingerprint density at radius 3 is 2.24 bits per heavy atom. The summed E-state index contributed by atoms with van der Waals surface area (Å²) in [4.78, 5) is 2.08. The van der Waals surface area contributed by atoms with E-state index in [2.05, 4.69) is 4.90 Å². The van der Waals surface area contributed by atoms with Gasteiger partial charge in [-0.2, -0.15) is 13.2 Å². The van der Waals surface area contributed by atoms with Crippen LogP contribution in [0.4, 0.5) is 13.2 Å². The molecule has 0 spiro atoms. The second kappa shape index (κ2) is 3.99. The van der Waals surface area contributed by atoms with Crippen LogP contribution in [0.2, 0.25) is 0 Å². The van der Waals surface area contributed by atoms with Gasteiger partial charge < -0.3 is 10.6 Å². The maximum absolute atomic E-state index is 12.4. The van der Waals surface area contributed by atoms with E-state index in [0.717, 1.165) is 30.7 Å². The predicted octanol–water partition coefficient (Wildman–Crippen LogP) is 2.19. The smallest absolute Gasteiger partial charge is 0.320 e. The highest BCUT2D eigenvalue weighted by atomic mass is 19.4. The Morgan fingerprint density at radius 2 is 1.82 bits per heavy atom. The van der Waals surface area contributed by atoms with Crippen molar-refractivity contribution in [1.29, 1.82) is 0 Å². The second-order valence-corrected chi connectivity index (χ2v) is 4.72. The molecular formula is C12H15F3N2. The van der Waals surface area contributed by atoms with Crippen LogP contribution >= 0.6 is 0 Å². The molecule has 17 heavy (non-hydrogen) atoms. The van der Waals surface area contributed by atoms with Crippen molar-refractivity contribution in [3.05, 3.63) is 35.4 Å². The zero-order valence-electron chi connectivity index (χ0n) is 9.59. The van der Waals surface area contributed by atoms with E-state index >= 15 is 0 Å². The molecule has 94 valence electrons. The van der Waals surface area contributed by atoms with Gasteiger partial charge >= 0.3 is 6.18 Å². The molecule has 5 heteroatoms. The van der Waals surface area contributed by atoms with Crippen LogP contribution in [0.25, 0.3) is 0 Å². The van der Waals surface area contributed by atoms with Crippen molar-refractivity contribution >= 4 is 0 Å². The van der Waals surface area contributed by atoms with Crippen molar-refractivity contribution in [2.75, 3.05) is 20.1 Å². The molecule has 0 amide bonds. The van der Waals surface area contributed by atoms with Crippen LogP contribution in [0, 0.1) is 0 Å². The minimum absolute atomic E-state index is 0.515. The van der Waals surface area contributed by atoms with Crippen LogP contribution in [0.15, 0.2) is 24.3 Å². The number of likely N-dealkylation sites (N-methyl/N-ethyl adjacent to an activating group) is 1. The molecule has 0 radical (unpaired) electrons. The van der Waals surface area contributed by atoms with Gasteiger partial charge in [-0.25, -0.2) is 0 Å². The van der Waals surface area contributed by atoms with Crippen molar-refractivity contribution in [1.82, 2.24) is 4.90 Å². The van der Waals surface area contributed by atoms with E-state index in [9.17, 15) is 13.2 Å². The van der Waals surface area contributed by atoms with Crippen molar-refractivity contribution in [2.45, 2.75) is 18.1 Å². The summed E-state index contributed by atoms with van der Waals surface area (Å²) in [5.41, 5.74) is 5.84. The Labute approximate surface area is 98.2 Å². The van der Waals surface area contributed by atoms with Gasteiger partial charge in [-0.05, 0) is 31.2 Å². The highest BCUT2D eigenvalue weighted by Gasteiger charge is 2.35. The fourth-order valence-corrected chi connectivity index (χ4v) is 2.26. The van der Waals surface area contributed by atoms with Gasteiger partial charge in [0.2, 0.25) is 0 Å². The fourth-order valence-electron chi connectivity index (χ4n) is 2.26. The summed E-state index contributed by atoms with van der Waals surface area (Å²) in [6.45, 7) is 1.55. The van der Waals surface area contributed by atoms with Crippen LogP contribution in [-0.4, -0.2) is 25.0 Å². The zero-order valence-corrected chi connectivity index (χ0v) is 9.59. The van der Waals surface area contributed by atoms with Crippen molar-refractivity contribution in [2.24, 2.45) is 5.73 Å². The number of rotatable bonds is 1. The van der Waals surface area contributed by atoms with Gasteiger partial charge in [-0.15, -0.1) is 0 Å². The Hall–Kier alpha value is -1.07. The molecule has 2 nitrogen and oxygen atoms in total. The van der Waals surface area contributed by atoms with Gasteiger partial charge in [0.05, 0.1) is 11.1 Å². The topological polar surface area (TPSA) is 29.3 Å². The number of hydrogen-bond acceptors (Lipinski definition) is 2. The molecule has 1 aliphatic rings. The fraction of sp³-hybridized carbons (Fsp3) is 0.500. The molecule has 1 aromatic carbocycles. The molecule has 1 atom stereocenters. The molecule has 2 rings (SSSR count). The molecule has 1 saturated heterocycles. The summed E-state index contributed by atoms with van der Waals surface area (Å²) < 4.78 is 37.2. The van der Waals surface area contributed by atoms with E-state index in [1.165, 1.54) is 12.1 Å². The largest absolute Gasteiger partial charge is 0.416 e. The number of nitrogens with zero attached hydrogens (tertiary/aromatic N) is 1. The Balaban J connectivity index is 2.24. The first-order valence-electron chi connectivity index (χ1n) is 5.46. The van der Waals surface area contributed by atoms with Crippen molar-refractivity contribution in [3.63, 3.8) is 0 Å². The third-order valence-corrected chi connectivity index (χ3v) is 3.28. The van der Waals surface area contributed by atoms with Crippen LogP contribution in [-0.2, 0) is 11.7 Å². The first-order chi connectivity index (χ1) is 7.81. The summed E-state index contributed by atoms with van der Waals surface area (Å²) in [7, 11) is 1.96. The molecule has 0 aliphatic carbocycles. The summed E-state index contributed by atoms with van der Waals surface area (Å²) in [5, 5.41) is 0. The minimum Gasteiger partial charge on any atom is -0.320 e. The molecule has 1 unspecified atom stereocenters. The molecule has 2 N–H and O–H groups in total. The van der Waals surface area contributed by atoms with Gasteiger partial charge in [-0.1, -0.05) is 12.1 Å². The first kappa shape index (κ1) is 12.4. The molecule has 0 saturated carbocycles. The number of benzene rings is 1. The second-order valence-electron chi connectivity index (χ2n) is 4.72. The van der Waals surface area contributed by atoms with E-state index < -0.39 is 17.3 Å². The lowest BCUT2D eigenvalue weighted by atomic mass is 9.89. The van der Waals surface area contributed by atoms with E-state index in [-0.39, 0.29) is 0 Å². The maximum Gasteiger partial charge on any atom is 0.416 e. The molecule has 1 aliphatic heterocycles. The van der Waals surface area contributed by atoms with E-state index in [1.54, 1.807) is 0 Å². The molecule has 1 fully saturated rings. The summed E-state index contributed by atoms with van der Waals surface area (Å²) in [5.74, 6) is 0. The quantitative estimate of drug-likeness (QED) is 0.820. The number of likely N-dealkylation sites (tertiary alicyclic amines) is 1. The molecular weight excluding hydrogens is 229 g/mol. The van der Waals surface area contributed by atoms with Gasteiger partial charge in [0.1, 0.15) is 0 Å². The molecule has 0 bridgehead atoms. The molecule has 0 aromatic heterocycles. The highest BCUT2D eigenvalue weighted by molar-refractivity contribution is 5.31. The van der Waals surface area contributed by atoms with Crippen LogP contribution in [0.3, 0.4) is 0 Å². The van der Waals surface area contributed by atoms with Gasteiger partial charge in [0, 0.05) is 13.1 Å². The zero-order chi connectivity index (χ0) is 12.7. The molecule has 1 heterocycles. The molecule has 1 aromatic rings. The average Bonchev–Trinajstić information content (AvgIpc) is 2.59. The third kappa shape index (κ3) is 2.45. The number of halogens is 3. The summed E-state index contributed by atoms with van der Waals surface area (Å²) >= 11 is 0. The number of hydrogen-bond donors (Lipinski definition) is 1. The normalized spacial score (nSPS) is 26.4. The number of nitrogens with two attached hydrogens (primary N) is 1. The van der Waals surface area contributed by atoms with E-state index in [4.69, 9.17) is 5.73 Å². The highest BCUT2D eigenvalue weighted by Crippen LogP contribution is 2.33. The van der Waals surface area contributed by atoms with E-state index in [1.807, 2.05) is 7.05 Å². The van der Waals surface area contributed by atoms with Crippen LogP contribution < -0.4 is 5.73 Å². The van der Waals surface area contributed by atoms with Gasteiger partial charge in [0.15, 0.2) is 0 Å². The van der Waals surface area contributed by atoms with E-state index in [0.29, 0.717) is 6.54 Å². The van der Waals surface area contributed by atoms with Crippen LogP contribution in [0.1, 0.15) is 17.5 Å². The van der Waals surface area contributed by atoms with Gasteiger partial charge in [-0.3, -0.25) is 0 Å². The SMILES string of the molecule is CN1CCC(N)(c2ccc(C(F)(F)F)cc2)C1. The average molecular weight is 244 g/mol. The van der Waals surface area contributed by atoms with Crippen molar-refractivity contribution in [3.8, 4) is 0 Å². The first-order valence-corrected chi connectivity index (χ1v) is 5.46. The predicted molar refractivity (Wildman–Crippen MR) is 59.4 cm³/mol. The van der Waals surface area contributed by atoms with Gasteiger partial charge in [0.25, 0.3) is 0 Å². The summed E-state index contributed by atoms with van der Waals surface area (Å²) in [6.07, 6.45) is -3.51. The van der Waals surface area contributed by atoms with Crippen LogP contribution in [0.5, 0.6) is 0 Å². The summed E-state index contributed by atoms with van der Waals surface area (Å²) in [6, 6.07) is 5.18. The Bertz CT molecular complexity index is 399. The standard InChI is InChI=1S/C12H15F3N2/c1-17-7-6-11(16,8-17)9-2-4-10(5-3-9)12(13,14)15/h2-5H,6-8,16H2,1H3. The Morgan fingerprint density at radius 1 is 1.24 bits per heavy atom. The maximum atomic E-state index is 12.4. The lowest BCUT2D eigenvalue weighted by Gasteiger charge is -2.24. The number of alkyl halides is 3. The lowest BCUT2D eigenvalue weighted by molar-refractivity contribution is -0.137. The lowest BCUT2D eigenvalue weighted by Crippen LogP contribution is -2.39. The Kier molecular flexibility index (Phi) is 2.91. The monoisotopic (exact) mass is 244 g/mol. The third-order valence-electron chi connectivity index (χ3n) is 3.28. The van der Waals surface area contributed by atoms with Crippen molar-refractivity contribution < 1.29 is 13.2 Å². The minimum atomic E-state index is -4.28.